The van der Waals surface area contributed by atoms with Gasteiger partial charge in [-0.05, 0) is 24.7 Å². The third-order valence-electron chi connectivity index (χ3n) is 3.62. The number of ether oxygens (including phenoxy) is 1. The number of ketones is 1. The van der Waals surface area contributed by atoms with Gasteiger partial charge in [0.15, 0.2) is 0 Å². The van der Waals surface area contributed by atoms with Crippen LogP contribution in [-0.2, 0) is 14.3 Å². The number of Topliss-reactive ketones (excluding diaryl/α,β-unsaturated/α-hetero) is 1. The highest BCUT2D eigenvalue weighted by atomic mass is 16.5. The van der Waals surface area contributed by atoms with E-state index in [4.69, 9.17) is 4.74 Å². The minimum absolute atomic E-state index is 0.0925. The zero-order valence-corrected chi connectivity index (χ0v) is 10.7. The van der Waals surface area contributed by atoms with Gasteiger partial charge in [0.1, 0.15) is 12.4 Å². The minimum atomic E-state index is -0.299. The lowest BCUT2D eigenvalue weighted by atomic mass is 9.70. The van der Waals surface area contributed by atoms with E-state index in [1.165, 1.54) is 6.92 Å². The first kappa shape index (κ1) is 13.2. The molecule has 0 aromatic carbocycles. The van der Waals surface area contributed by atoms with Crippen molar-refractivity contribution in [3.8, 4) is 0 Å². The molecule has 1 rings (SSSR count). The van der Waals surface area contributed by atoms with Crippen LogP contribution < -0.4 is 0 Å². The lowest BCUT2D eigenvalue weighted by Gasteiger charge is -2.34. The van der Waals surface area contributed by atoms with Crippen molar-refractivity contribution >= 4 is 11.8 Å². The molecule has 0 spiro atoms. The quantitative estimate of drug-likeness (QED) is 0.694. The van der Waals surface area contributed by atoms with Gasteiger partial charge < -0.3 is 4.74 Å². The largest absolute Gasteiger partial charge is 0.465 e. The van der Waals surface area contributed by atoms with Crippen LogP contribution >= 0.6 is 0 Å². The molecule has 1 aliphatic rings. The maximum atomic E-state index is 12.2. The van der Waals surface area contributed by atoms with Gasteiger partial charge in [-0.3, -0.25) is 9.59 Å². The Morgan fingerprint density at radius 2 is 2.06 bits per heavy atom. The van der Waals surface area contributed by atoms with Crippen molar-refractivity contribution in [2.75, 3.05) is 6.61 Å². The first-order valence-electron chi connectivity index (χ1n) is 6.10. The van der Waals surface area contributed by atoms with E-state index in [0.717, 1.165) is 12.8 Å². The summed E-state index contributed by atoms with van der Waals surface area (Å²) in [6.45, 7) is 7.89. The maximum absolute atomic E-state index is 12.2. The highest BCUT2D eigenvalue weighted by molar-refractivity contribution is 5.85. The second-order valence-corrected chi connectivity index (χ2v) is 5.22. The summed E-state index contributed by atoms with van der Waals surface area (Å²) in [7, 11) is 0. The van der Waals surface area contributed by atoms with Gasteiger partial charge in [0.2, 0.25) is 0 Å². The number of hydrogen-bond donors (Lipinski definition) is 0. The molecule has 0 saturated heterocycles. The van der Waals surface area contributed by atoms with Crippen molar-refractivity contribution in [2.45, 2.75) is 40.5 Å². The summed E-state index contributed by atoms with van der Waals surface area (Å²) < 4.78 is 4.99. The second-order valence-electron chi connectivity index (χ2n) is 5.22. The molecule has 92 valence electrons. The molecule has 1 aliphatic carbocycles. The standard InChI is InChI=1S/C13H22O3/c1-8(2)11-6-5-9(3)12(13(11)15)7-16-10(4)14/h8-9,11-12H,5-7H2,1-4H3/t9-,11-,12-/m1/s1. The molecule has 3 nitrogen and oxygen atoms in total. The van der Waals surface area contributed by atoms with Gasteiger partial charge in [-0.1, -0.05) is 20.8 Å². The number of carbonyl (C=O) groups excluding carboxylic acids is 2. The molecule has 0 radical (unpaired) electrons. The predicted octanol–water partition coefficient (Wildman–Crippen LogP) is 2.44. The fraction of sp³-hybridized carbons (Fsp3) is 0.846. The van der Waals surface area contributed by atoms with Gasteiger partial charge in [0, 0.05) is 12.8 Å². The van der Waals surface area contributed by atoms with E-state index in [1.54, 1.807) is 0 Å². The Morgan fingerprint density at radius 3 is 2.56 bits per heavy atom. The van der Waals surface area contributed by atoms with Gasteiger partial charge in [0.25, 0.3) is 0 Å². The van der Waals surface area contributed by atoms with E-state index in [9.17, 15) is 9.59 Å². The van der Waals surface area contributed by atoms with E-state index in [0.29, 0.717) is 11.8 Å². The summed E-state index contributed by atoms with van der Waals surface area (Å²) in [6.07, 6.45) is 2.04. The molecule has 0 aromatic heterocycles. The number of hydrogen-bond acceptors (Lipinski definition) is 3. The molecule has 0 aromatic rings. The average Bonchev–Trinajstić information content (AvgIpc) is 2.16. The van der Waals surface area contributed by atoms with Gasteiger partial charge in [0.05, 0.1) is 5.92 Å². The van der Waals surface area contributed by atoms with Crippen molar-refractivity contribution < 1.29 is 14.3 Å². The van der Waals surface area contributed by atoms with Crippen LogP contribution in [0.5, 0.6) is 0 Å². The highest BCUT2D eigenvalue weighted by Gasteiger charge is 2.37. The highest BCUT2D eigenvalue weighted by Crippen LogP contribution is 2.34. The molecule has 0 heterocycles. The lowest BCUT2D eigenvalue weighted by Crippen LogP contribution is -2.39. The molecule has 16 heavy (non-hydrogen) atoms. The van der Waals surface area contributed by atoms with E-state index in [1.807, 2.05) is 0 Å². The van der Waals surface area contributed by atoms with Crippen molar-refractivity contribution in [1.29, 1.82) is 0 Å². The predicted molar refractivity (Wildman–Crippen MR) is 61.9 cm³/mol. The van der Waals surface area contributed by atoms with Gasteiger partial charge >= 0.3 is 5.97 Å². The summed E-state index contributed by atoms with van der Waals surface area (Å²) in [5.74, 6) is 0.769. The fourth-order valence-electron chi connectivity index (χ4n) is 2.46. The second kappa shape index (κ2) is 5.46. The fourth-order valence-corrected chi connectivity index (χ4v) is 2.46. The summed E-state index contributed by atoms with van der Waals surface area (Å²) >= 11 is 0. The first-order chi connectivity index (χ1) is 7.43. The van der Waals surface area contributed by atoms with Crippen LogP contribution in [0.15, 0.2) is 0 Å². The molecule has 0 amide bonds. The Kier molecular flexibility index (Phi) is 4.51. The molecule has 3 atom stereocenters. The maximum Gasteiger partial charge on any atom is 0.302 e. The van der Waals surface area contributed by atoms with Crippen LogP contribution in [0.4, 0.5) is 0 Å². The topological polar surface area (TPSA) is 43.4 Å². The Hall–Kier alpha value is -0.860. The Morgan fingerprint density at radius 1 is 1.44 bits per heavy atom. The number of rotatable bonds is 3. The van der Waals surface area contributed by atoms with E-state index < -0.39 is 0 Å². The summed E-state index contributed by atoms with van der Waals surface area (Å²) in [5.41, 5.74) is 0. The third-order valence-corrected chi connectivity index (χ3v) is 3.62. The first-order valence-corrected chi connectivity index (χ1v) is 6.10. The van der Waals surface area contributed by atoms with Crippen LogP contribution in [-0.4, -0.2) is 18.4 Å². The summed E-state index contributed by atoms with van der Waals surface area (Å²) in [5, 5.41) is 0. The molecule has 0 unspecified atom stereocenters. The molecule has 0 aliphatic heterocycles. The SMILES string of the molecule is CC(=O)OC[C@H]1C(=O)[C@@H](C(C)C)CC[C@H]1C. The van der Waals surface area contributed by atoms with Crippen molar-refractivity contribution in [1.82, 2.24) is 0 Å². The smallest absolute Gasteiger partial charge is 0.302 e. The Bertz CT molecular complexity index is 270. The molecule has 0 bridgehead atoms. The van der Waals surface area contributed by atoms with Crippen LogP contribution in [0.1, 0.15) is 40.5 Å². The molecular formula is C13H22O3. The van der Waals surface area contributed by atoms with Crippen molar-refractivity contribution in [2.24, 2.45) is 23.7 Å². The molecule has 1 saturated carbocycles. The lowest BCUT2D eigenvalue weighted by molar-refractivity contribution is -0.147. The monoisotopic (exact) mass is 226 g/mol. The molecule has 3 heteroatoms. The average molecular weight is 226 g/mol. The molecule has 0 N–H and O–H groups in total. The zero-order valence-electron chi connectivity index (χ0n) is 10.7. The van der Waals surface area contributed by atoms with Crippen LogP contribution in [0.2, 0.25) is 0 Å². The third kappa shape index (κ3) is 3.06. The number of carbonyl (C=O) groups is 2. The van der Waals surface area contributed by atoms with E-state index in [2.05, 4.69) is 20.8 Å². The Balaban J connectivity index is 2.64. The zero-order chi connectivity index (χ0) is 12.3. The van der Waals surface area contributed by atoms with Crippen LogP contribution in [0, 0.1) is 23.7 Å². The summed E-state index contributed by atoms with van der Waals surface area (Å²) in [6, 6.07) is 0. The van der Waals surface area contributed by atoms with Gasteiger partial charge in [-0.2, -0.15) is 0 Å². The van der Waals surface area contributed by atoms with Gasteiger partial charge in [-0.25, -0.2) is 0 Å². The normalized spacial score (nSPS) is 30.6. The van der Waals surface area contributed by atoms with Crippen molar-refractivity contribution in [3.05, 3.63) is 0 Å². The Labute approximate surface area is 97.5 Å². The number of esters is 1. The minimum Gasteiger partial charge on any atom is -0.465 e. The molecular weight excluding hydrogens is 204 g/mol. The van der Waals surface area contributed by atoms with Crippen LogP contribution in [0.3, 0.4) is 0 Å². The molecule has 1 fully saturated rings. The summed E-state index contributed by atoms with van der Waals surface area (Å²) in [4.78, 5) is 23.0. The van der Waals surface area contributed by atoms with Crippen molar-refractivity contribution in [3.63, 3.8) is 0 Å². The van der Waals surface area contributed by atoms with E-state index in [-0.39, 0.29) is 30.2 Å². The van der Waals surface area contributed by atoms with Crippen LogP contribution in [0.25, 0.3) is 0 Å². The van der Waals surface area contributed by atoms with Gasteiger partial charge in [-0.15, -0.1) is 0 Å². The van der Waals surface area contributed by atoms with E-state index >= 15 is 0 Å².